The molecule has 0 saturated heterocycles. The molecule has 1 atom stereocenters. The van der Waals surface area contributed by atoms with Crippen LogP contribution < -0.4 is 0 Å². The fourth-order valence-electron chi connectivity index (χ4n) is 3.88. The van der Waals surface area contributed by atoms with E-state index in [0.29, 0.717) is 25.7 Å². The van der Waals surface area contributed by atoms with E-state index < -0.39 is 11.4 Å². The standard InChI is InChI=1S/C24H31NO6/c1-17(30-15-28-2)21-7-6-19-5-4-18(14-22(19)25-21)8-11-24(23(26)27)12-9-20(10-13-24)31-16-29-3/h4-8,11,14,17,20H,9-10,12-13,15-16H2,1-3H3,(H,26,27). The lowest BCUT2D eigenvalue weighted by Gasteiger charge is -2.34. The molecule has 2 aromatic rings. The molecule has 31 heavy (non-hydrogen) atoms. The van der Waals surface area contributed by atoms with Gasteiger partial charge in [-0.05, 0) is 50.3 Å². The molecule has 1 fully saturated rings. The normalized spacial score (nSPS) is 22.7. The van der Waals surface area contributed by atoms with Gasteiger partial charge in [-0.15, -0.1) is 0 Å². The summed E-state index contributed by atoms with van der Waals surface area (Å²) in [5.41, 5.74) is 1.70. The van der Waals surface area contributed by atoms with Crippen LogP contribution in [0, 0.1) is 5.41 Å². The van der Waals surface area contributed by atoms with Crippen molar-refractivity contribution in [3.05, 3.63) is 47.7 Å². The molecule has 1 aromatic carbocycles. The fraction of sp³-hybridized carbons (Fsp3) is 0.500. The van der Waals surface area contributed by atoms with Crippen LogP contribution in [0.15, 0.2) is 36.4 Å². The first-order valence-electron chi connectivity index (χ1n) is 10.5. The number of hydrogen-bond donors (Lipinski definition) is 1. The predicted molar refractivity (Wildman–Crippen MR) is 117 cm³/mol. The molecule has 0 amide bonds. The fourth-order valence-corrected chi connectivity index (χ4v) is 3.88. The van der Waals surface area contributed by atoms with Crippen molar-refractivity contribution >= 4 is 22.9 Å². The molecule has 0 bridgehead atoms. The molecule has 1 aliphatic carbocycles. The van der Waals surface area contributed by atoms with Crippen molar-refractivity contribution in [2.45, 2.75) is 44.8 Å². The smallest absolute Gasteiger partial charge is 0.313 e. The summed E-state index contributed by atoms with van der Waals surface area (Å²) in [5.74, 6) is -0.792. The lowest BCUT2D eigenvalue weighted by Crippen LogP contribution is -2.36. The van der Waals surface area contributed by atoms with E-state index in [1.807, 2.05) is 49.4 Å². The second-order valence-corrected chi connectivity index (χ2v) is 7.97. The highest BCUT2D eigenvalue weighted by Gasteiger charge is 2.40. The van der Waals surface area contributed by atoms with E-state index in [1.54, 1.807) is 14.2 Å². The van der Waals surface area contributed by atoms with Crippen LogP contribution >= 0.6 is 0 Å². The molecular weight excluding hydrogens is 398 g/mol. The van der Waals surface area contributed by atoms with E-state index in [9.17, 15) is 9.90 Å². The van der Waals surface area contributed by atoms with Gasteiger partial charge in [0.25, 0.3) is 0 Å². The molecule has 1 aliphatic rings. The molecule has 1 heterocycles. The Hall–Kier alpha value is -2.32. The van der Waals surface area contributed by atoms with Crippen LogP contribution in [0.4, 0.5) is 0 Å². The summed E-state index contributed by atoms with van der Waals surface area (Å²) in [4.78, 5) is 16.8. The highest BCUT2D eigenvalue weighted by Crippen LogP contribution is 2.39. The van der Waals surface area contributed by atoms with Gasteiger partial charge in [0.05, 0.1) is 28.8 Å². The number of carbonyl (C=O) groups is 1. The third-order valence-electron chi connectivity index (χ3n) is 5.86. The van der Waals surface area contributed by atoms with Gasteiger partial charge in [-0.2, -0.15) is 0 Å². The minimum atomic E-state index is -0.875. The number of aromatic nitrogens is 1. The van der Waals surface area contributed by atoms with Crippen LogP contribution in [0.3, 0.4) is 0 Å². The van der Waals surface area contributed by atoms with E-state index in [2.05, 4.69) is 0 Å². The highest BCUT2D eigenvalue weighted by molar-refractivity contribution is 5.83. The molecule has 1 N–H and O–H groups in total. The summed E-state index contributed by atoms with van der Waals surface area (Å²) < 4.78 is 21.1. The van der Waals surface area contributed by atoms with Crippen LogP contribution in [0.1, 0.15) is 50.0 Å². The zero-order valence-corrected chi connectivity index (χ0v) is 18.4. The number of ether oxygens (including phenoxy) is 4. The molecule has 168 valence electrons. The maximum atomic E-state index is 12.1. The Morgan fingerprint density at radius 1 is 1.19 bits per heavy atom. The van der Waals surface area contributed by atoms with E-state index in [-0.39, 0.29) is 25.8 Å². The number of rotatable bonds is 10. The van der Waals surface area contributed by atoms with Crippen LogP contribution in [0.25, 0.3) is 17.0 Å². The lowest BCUT2D eigenvalue weighted by molar-refractivity contribution is -0.150. The summed E-state index contributed by atoms with van der Waals surface area (Å²) in [6, 6.07) is 9.91. The van der Waals surface area contributed by atoms with E-state index in [1.165, 1.54) is 0 Å². The molecule has 0 radical (unpaired) electrons. The van der Waals surface area contributed by atoms with Crippen molar-refractivity contribution in [3.8, 4) is 0 Å². The SMILES string of the molecule is COCOC1CCC(C=Cc2ccc3ccc(C(C)OCOC)nc3c2)(C(=O)O)CC1. The van der Waals surface area contributed by atoms with Gasteiger partial charge in [0, 0.05) is 19.6 Å². The Morgan fingerprint density at radius 2 is 1.90 bits per heavy atom. The Morgan fingerprint density at radius 3 is 2.58 bits per heavy atom. The average molecular weight is 430 g/mol. The summed E-state index contributed by atoms with van der Waals surface area (Å²) in [5, 5.41) is 10.9. The molecule has 1 unspecified atom stereocenters. The number of nitrogens with zero attached hydrogens (tertiary/aromatic N) is 1. The van der Waals surface area contributed by atoms with Gasteiger partial charge in [-0.25, -0.2) is 0 Å². The van der Waals surface area contributed by atoms with Gasteiger partial charge in [-0.1, -0.05) is 30.4 Å². The molecular formula is C24H31NO6. The van der Waals surface area contributed by atoms with E-state index in [4.69, 9.17) is 23.9 Å². The Balaban J connectivity index is 1.76. The molecule has 1 saturated carbocycles. The Labute approximate surface area is 183 Å². The van der Waals surface area contributed by atoms with Crippen LogP contribution in [-0.4, -0.2) is 50.0 Å². The van der Waals surface area contributed by atoms with E-state index >= 15 is 0 Å². The van der Waals surface area contributed by atoms with Crippen molar-refractivity contribution in [3.63, 3.8) is 0 Å². The highest BCUT2D eigenvalue weighted by atomic mass is 16.7. The summed E-state index contributed by atoms with van der Waals surface area (Å²) >= 11 is 0. The molecule has 3 rings (SSSR count). The monoisotopic (exact) mass is 429 g/mol. The Kier molecular flexibility index (Phi) is 8.15. The first-order chi connectivity index (χ1) is 15.0. The largest absolute Gasteiger partial charge is 0.481 e. The second-order valence-electron chi connectivity index (χ2n) is 7.97. The number of carboxylic acids is 1. The van der Waals surface area contributed by atoms with Crippen LogP contribution in [0.5, 0.6) is 0 Å². The average Bonchev–Trinajstić information content (AvgIpc) is 2.79. The van der Waals surface area contributed by atoms with Crippen molar-refractivity contribution < 1.29 is 28.8 Å². The third-order valence-corrected chi connectivity index (χ3v) is 5.86. The number of pyridine rings is 1. The zero-order valence-electron chi connectivity index (χ0n) is 18.4. The predicted octanol–water partition coefficient (Wildman–Crippen LogP) is 4.56. The first-order valence-corrected chi connectivity index (χ1v) is 10.5. The molecule has 0 spiro atoms. The van der Waals surface area contributed by atoms with Gasteiger partial charge in [0.15, 0.2) is 0 Å². The van der Waals surface area contributed by atoms with Gasteiger partial charge < -0.3 is 24.1 Å². The minimum Gasteiger partial charge on any atom is -0.481 e. The second kappa shape index (κ2) is 10.8. The maximum Gasteiger partial charge on any atom is 0.313 e. The van der Waals surface area contributed by atoms with Crippen molar-refractivity contribution in [1.82, 2.24) is 4.98 Å². The van der Waals surface area contributed by atoms with Crippen LogP contribution in [0.2, 0.25) is 0 Å². The topological polar surface area (TPSA) is 87.1 Å². The molecule has 0 aliphatic heterocycles. The van der Waals surface area contributed by atoms with Crippen molar-refractivity contribution in [2.75, 3.05) is 27.8 Å². The summed E-state index contributed by atoms with van der Waals surface area (Å²) in [6.45, 7) is 2.38. The first kappa shape index (κ1) is 23.3. The molecule has 1 aromatic heterocycles. The maximum absolute atomic E-state index is 12.1. The quantitative estimate of drug-likeness (QED) is 0.554. The third kappa shape index (κ3) is 5.89. The van der Waals surface area contributed by atoms with Crippen LogP contribution in [-0.2, 0) is 23.7 Å². The number of methoxy groups -OCH3 is 2. The number of aliphatic carboxylic acids is 1. The molecule has 7 nitrogen and oxygen atoms in total. The number of hydrogen-bond acceptors (Lipinski definition) is 6. The Bertz CT molecular complexity index is 904. The number of benzene rings is 1. The molecule has 7 heteroatoms. The summed E-state index contributed by atoms with van der Waals surface area (Å²) in [6.07, 6.45) is 6.06. The lowest BCUT2D eigenvalue weighted by atomic mass is 9.72. The van der Waals surface area contributed by atoms with Gasteiger partial charge in [-0.3, -0.25) is 9.78 Å². The summed E-state index contributed by atoms with van der Waals surface area (Å²) in [7, 11) is 3.17. The van der Waals surface area contributed by atoms with Gasteiger partial charge >= 0.3 is 5.97 Å². The van der Waals surface area contributed by atoms with Crippen molar-refractivity contribution in [1.29, 1.82) is 0 Å². The zero-order chi connectivity index (χ0) is 22.3. The number of carboxylic acid groups (broad SMARTS) is 1. The van der Waals surface area contributed by atoms with E-state index in [0.717, 1.165) is 22.2 Å². The minimum absolute atomic E-state index is 0.0476. The van der Waals surface area contributed by atoms with Gasteiger partial charge in [0.2, 0.25) is 0 Å². The van der Waals surface area contributed by atoms with Gasteiger partial charge in [0.1, 0.15) is 13.6 Å². The number of fused-ring (bicyclic) bond motifs is 1. The van der Waals surface area contributed by atoms with Crippen molar-refractivity contribution in [2.24, 2.45) is 5.41 Å².